The number of hydrogen-bond donors (Lipinski definition) is 2. The van der Waals surface area contributed by atoms with Gasteiger partial charge in [-0.25, -0.2) is 4.39 Å². The Morgan fingerprint density at radius 3 is 2.64 bits per heavy atom. The predicted octanol–water partition coefficient (Wildman–Crippen LogP) is 2.11. The smallest absolute Gasteiger partial charge is 0.253 e. The lowest BCUT2D eigenvalue weighted by molar-refractivity contribution is -0.118. The van der Waals surface area contributed by atoms with Crippen LogP contribution >= 0.6 is 0 Å². The zero-order valence-corrected chi connectivity index (χ0v) is 16.1. The summed E-state index contributed by atoms with van der Waals surface area (Å²) in [6.07, 6.45) is 0. The SMILES string of the molecule is CN(C)C(=O)c1ccc(NC(=O)CN2CCNCC2c2cccc(F)c2)cc1. The third-order valence-corrected chi connectivity index (χ3v) is 4.76. The molecule has 0 saturated carbocycles. The molecule has 0 aliphatic carbocycles. The van der Waals surface area contributed by atoms with Crippen molar-refractivity contribution in [1.82, 2.24) is 15.1 Å². The van der Waals surface area contributed by atoms with E-state index >= 15 is 0 Å². The van der Waals surface area contributed by atoms with Crippen LogP contribution in [0.15, 0.2) is 48.5 Å². The Morgan fingerprint density at radius 1 is 1.21 bits per heavy atom. The van der Waals surface area contributed by atoms with E-state index < -0.39 is 0 Å². The molecule has 1 saturated heterocycles. The second kappa shape index (κ2) is 8.95. The molecule has 28 heavy (non-hydrogen) atoms. The van der Waals surface area contributed by atoms with E-state index in [9.17, 15) is 14.0 Å². The van der Waals surface area contributed by atoms with Gasteiger partial charge in [0.2, 0.25) is 5.91 Å². The number of hydrogen-bond acceptors (Lipinski definition) is 4. The standard InChI is InChI=1S/C21H25FN4O2/c1-25(2)21(28)15-6-8-18(9-7-15)24-20(27)14-26-11-10-23-13-19(26)16-4-3-5-17(22)12-16/h3-9,12,19,23H,10-11,13-14H2,1-2H3,(H,24,27). The number of nitrogens with one attached hydrogen (secondary N) is 2. The van der Waals surface area contributed by atoms with E-state index in [0.29, 0.717) is 24.3 Å². The summed E-state index contributed by atoms with van der Waals surface area (Å²) in [5.41, 5.74) is 2.06. The first-order valence-electron chi connectivity index (χ1n) is 9.26. The first-order valence-corrected chi connectivity index (χ1v) is 9.26. The van der Waals surface area contributed by atoms with E-state index in [1.165, 1.54) is 17.0 Å². The van der Waals surface area contributed by atoms with Crippen molar-refractivity contribution in [3.05, 3.63) is 65.5 Å². The maximum Gasteiger partial charge on any atom is 0.253 e. The third kappa shape index (κ3) is 4.94. The van der Waals surface area contributed by atoms with Crippen LogP contribution < -0.4 is 10.6 Å². The maximum atomic E-state index is 13.6. The second-order valence-corrected chi connectivity index (χ2v) is 7.07. The summed E-state index contributed by atoms with van der Waals surface area (Å²) in [5, 5.41) is 6.17. The molecule has 3 rings (SSSR count). The Labute approximate surface area is 164 Å². The van der Waals surface area contributed by atoms with E-state index in [1.54, 1.807) is 44.4 Å². The Hall–Kier alpha value is -2.77. The molecule has 1 unspecified atom stereocenters. The van der Waals surface area contributed by atoms with Crippen molar-refractivity contribution < 1.29 is 14.0 Å². The molecule has 1 fully saturated rings. The zero-order valence-electron chi connectivity index (χ0n) is 16.1. The van der Waals surface area contributed by atoms with Gasteiger partial charge in [-0.3, -0.25) is 14.5 Å². The summed E-state index contributed by atoms with van der Waals surface area (Å²) in [4.78, 5) is 28.0. The molecule has 1 atom stereocenters. The van der Waals surface area contributed by atoms with Gasteiger partial charge in [0.1, 0.15) is 5.82 Å². The Bertz CT molecular complexity index is 839. The van der Waals surface area contributed by atoms with Crippen molar-refractivity contribution in [2.45, 2.75) is 6.04 Å². The number of amides is 2. The minimum Gasteiger partial charge on any atom is -0.345 e. The highest BCUT2D eigenvalue weighted by Gasteiger charge is 2.25. The molecule has 2 aromatic rings. The van der Waals surface area contributed by atoms with Gasteiger partial charge in [-0.15, -0.1) is 0 Å². The van der Waals surface area contributed by atoms with Gasteiger partial charge in [0.15, 0.2) is 0 Å². The van der Waals surface area contributed by atoms with Crippen LogP contribution in [0.4, 0.5) is 10.1 Å². The van der Waals surface area contributed by atoms with E-state index in [4.69, 9.17) is 0 Å². The fourth-order valence-electron chi connectivity index (χ4n) is 3.32. The molecule has 7 heteroatoms. The lowest BCUT2D eigenvalue weighted by atomic mass is 10.0. The molecular weight excluding hydrogens is 359 g/mol. The molecule has 0 radical (unpaired) electrons. The van der Waals surface area contributed by atoms with Crippen LogP contribution in [0.25, 0.3) is 0 Å². The number of carbonyl (C=O) groups is 2. The molecule has 0 bridgehead atoms. The zero-order chi connectivity index (χ0) is 20.1. The highest BCUT2D eigenvalue weighted by atomic mass is 19.1. The fourth-order valence-corrected chi connectivity index (χ4v) is 3.32. The van der Waals surface area contributed by atoms with Gasteiger partial charge in [-0.2, -0.15) is 0 Å². The van der Waals surface area contributed by atoms with Crippen molar-refractivity contribution in [2.75, 3.05) is 45.6 Å². The van der Waals surface area contributed by atoms with Crippen molar-refractivity contribution in [3.8, 4) is 0 Å². The lowest BCUT2D eigenvalue weighted by Gasteiger charge is -2.36. The molecule has 2 N–H and O–H groups in total. The van der Waals surface area contributed by atoms with Gasteiger partial charge in [0, 0.05) is 51.0 Å². The average molecular weight is 384 g/mol. The molecule has 2 amide bonds. The number of carbonyl (C=O) groups excluding carboxylic acids is 2. The second-order valence-electron chi connectivity index (χ2n) is 7.07. The summed E-state index contributed by atoms with van der Waals surface area (Å²) in [6, 6.07) is 13.3. The first-order chi connectivity index (χ1) is 13.4. The van der Waals surface area contributed by atoms with Crippen LogP contribution in [0.5, 0.6) is 0 Å². The fraction of sp³-hybridized carbons (Fsp3) is 0.333. The number of benzene rings is 2. The van der Waals surface area contributed by atoms with Crippen molar-refractivity contribution in [3.63, 3.8) is 0 Å². The first kappa shape index (κ1) is 20.0. The van der Waals surface area contributed by atoms with Gasteiger partial charge in [-0.1, -0.05) is 12.1 Å². The van der Waals surface area contributed by atoms with E-state index in [-0.39, 0.29) is 30.2 Å². The number of rotatable bonds is 5. The van der Waals surface area contributed by atoms with Crippen molar-refractivity contribution in [2.24, 2.45) is 0 Å². The minimum absolute atomic E-state index is 0.0599. The molecule has 1 heterocycles. The Kier molecular flexibility index (Phi) is 6.38. The number of anilines is 1. The Morgan fingerprint density at radius 2 is 1.96 bits per heavy atom. The van der Waals surface area contributed by atoms with Crippen LogP contribution in [0.1, 0.15) is 22.0 Å². The lowest BCUT2D eigenvalue weighted by Crippen LogP contribution is -2.48. The molecular formula is C21H25FN4O2. The highest BCUT2D eigenvalue weighted by molar-refractivity contribution is 5.96. The number of nitrogens with zero attached hydrogens (tertiary/aromatic N) is 2. The summed E-state index contributed by atoms with van der Waals surface area (Å²) >= 11 is 0. The van der Waals surface area contributed by atoms with Gasteiger partial charge >= 0.3 is 0 Å². The van der Waals surface area contributed by atoms with E-state index in [1.807, 2.05) is 11.0 Å². The quantitative estimate of drug-likeness (QED) is 0.829. The van der Waals surface area contributed by atoms with Crippen LogP contribution in [0.3, 0.4) is 0 Å². The summed E-state index contributed by atoms with van der Waals surface area (Å²) in [7, 11) is 3.39. The topological polar surface area (TPSA) is 64.7 Å². The van der Waals surface area contributed by atoms with Crippen LogP contribution in [0, 0.1) is 5.82 Å². The normalized spacial score (nSPS) is 17.2. The van der Waals surface area contributed by atoms with Gasteiger partial charge in [0.25, 0.3) is 5.91 Å². The van der Waals surface area contributed by atoms with Crippen LogP contribution in [-0.2, 0) is 4.79 Å². The number of piperazine rings is 1. The van der Waals surface area contributed by atoms with Gasteiger partial charge in [-0.05, 0) is 42.0 Å². The van der Waals surface area contributed by atoms with E-state index in [2.05, 4.69) is 10.6 Å². The maximum absolute atomic E-state index is 13.6. The molecule has 2 aromatic carbocycles. The highest BCUT2D eigenvalue weighted by Crippen LogP contribution is 2.23. The largest absolute Gasteiger partial charge is 0.345 e. The van der Waals surface area contributed by atoms with E-state index in [0.717, 1.165) is 12.1 Å². The predicted molar refractivity (Wildman–Crippen MR) is 107 cm³/mol. The van der Waals surface area contributed by atoms with Crippen molar-refractivity contribution in [1.29, 1.82) is 0 Å². The summed E-state index contributed by atoms with van der Waals surface area (Å²) in [5.74, 6) is -0.508. The van der Waals surface area contributed by atoms with Gasteiger partial charge < -0.3 is 15.5 Å². The molecule has 0 spiro atoms. The third-order valence-electron chi connectivity index (χ3n) is 4.76. The monoisotopic (exact) mass is 384 g/mol. The van der Waals surface area contributed by atoms with Crippen LogP contribution in [-0.4, -0.2) is 61.9 Å². The molecule has 0 aromatic heterocycles. The molecule has 6 nitrogen and oxygen atoms in total. The average Bonchev–Trinajstić information content (AvgIpc) is 2.68. The van der Waals surface area contributed by atoms with Crippen LogP contribution in [0.2, 0.25) is 0 Å². The number of halogens is 1. The molecule has 1 aliphatic heterocycles. The Balaban J connectivity index is 1.63. The molecule has 1 aliphatic rings. The summed E-state index contributed by atoms with van der Waals surface area (Å²) < 4.78 is 13.6. The minimum atomic E-state index is -0.278. The van der Waals surface area contributed by atoms with Gasteiger partial charge in [0.05, 0.1) is 6.54 Å². The molecule has 148 valence electrons. The summed E-state index contributed by atoms with van der Waals surface area (Å²) in [6.45, 7) is 2.35. The van der Waals surface area contributed by atoms with Crippen molar-refractivity contribution >= 4 is 17.5 Å².